The number of thioether (sulfide) groups is 1. The lowest BCUT2D eigenvalue weighted by Gasteiger charge is -2.33. The molecule has 1 amide bonds. The summed E-state index contributed by atoms with van der Waals surface area (Å²) >= 11 is 2.86. The predicted octanol–water partition coefficient (Wildman–Crippen LogP) is 2.11. The summed E-state index contributed by atoms with van der Waals surface area (Å²) in [5.74, 6) is 1.74. The van der Waals surface area contributed by atoms with Crippen LogP contribution in [0, 0.1) is 6.92 Å². The molecule has 0 bridgehead atoms. The highest BCUT2D eigenvalue weighted by molar-refractivity contribution is 8.02. The summed E-state index contributed by atoms with van der Waals surface area (Å²) in [5.41, 5.74) is 1.67. The molecule has 1 N–H and O–H groups in total. The Hall–Kier alpha value is -1.42. The summed E-state index contributed by atoms with van der Waals surface area (Å²) in [6, 6.07) is 3.96. The third-order valence-electron chi connectivity index (χ3n) is 4.03. The van der Waals surface area contributed by atoms with Crippen molar-refractivity contribution < 1.29 is 13.9 Å². The molecule has 1 aliphatic rings. The highest BCUT2D eigenvalue weighted by Crippen LogP contribution is 2.26. The first-order valence-electron chi connectivity index (χ1n) is 8.22. The molecule has 1 aliphatic heterocycles. The number of morpholine rings is 1. The Kier molecular flexibility index (Phi) is 6.46. The average molecular weight is 383 g/mol. The molecule has 0 aromatic carbocycles. The molecule has 0 saturated carbocycles. The van der Waals surface area contributed by atoms with Crippen LogP contribution in [0.2, 0.25) is 0 Å². The molecule has 0 unspecified atom stereocenters. The van der Waals surface area contributed by atoms with Gasteiger partial charge in [0.1, 0.15) is 17.0 Å². The second kappa shape index (κ2) is 8.79. The molecule has 3 heterocycles. The lowest BCUT2D eigenvalue weighted by Crippen LogP contribution is -2.44. The van der Waals surface area contributed by atoms with Crippen LogP contribution in [-0.2, 0) is 9.53 Å². The van der Waals surface area contributed by atoms with Crippen LogP contribution in [0.25, 0.3) is 0 Å². The van der Waals surface area contributed by atoms with Gasteiger partial charge in [-0.15, -0.1) is 10.2 Å². The first kappa shape index (κ1) is 18.4. The van der Waals surface area contributed by atoms with Crippen LogP contribution in [0.1, 0.15) is 24.5 Å². The number of hydrogen-bond acceptors (Lipinski definition) is 8. The Labute approximate surface area is 155 Å². The van der Waals surface area contributed by atoms with Gasteiger partial charge in [0.2, 0.25) is 5.91 Å². The monoisotopic (exact) mass is 382 g/mol. The van der Waals surface area contributed by atoms with Crippen LogP contribution in [0.5, 0.6) is 0 Å². The van der Waals surface area contributed by atoms with Crippen molar-refractivity contribution in [3.63, 3.8) is 0 Å². The molecule has 0 aliphatic carbocycles. The second-order valence-electron chi connectivity index (χ2n) is 5.82. The number of aryl methyl sites for hydroxylation is 1. The van der Waals surface area contributed by atoms with Crippen molar-refractivity contribution in [1.82, 2.24) is 20.4 Å². The summed E-state index contributed by atoms with van der Waals surface area (Å²) in [6.45, 7) is 7.37. The molecular weight excluding hydrogens is 360 g/mol. The normalized spacial score (nSPS) is 18.0. The van der Waals surface area contributed by atoms with Crippen molar-refractivity contribution in [3.05, 3.63) is 29.2 Å². The SMILES string of the molecule is Cc1ccc([C@H](CNC(=O)[C@H](C)Sc2nncs2)N2CCOCC2)o1. The Bertz CT molecular complexity index is 671. The maximum atomic E-state index is 12.4. The van der Waals surface area contributed by atoms with Gasteiger partial charge in [-0.3, -0.25) is 9.69 Å². The largest absolute Gasteiger partial charge is 0.465 e. The number of furan rings is 1. The number of carbonyl (C=O) groups is 1. The van der Waals surface area contributed by atoms with Crippen molar-refractivity contribution in [2.24, 2.45) is 0 Å². The lowest BCUT2D eigenvalue weighted by atomic mass is 10.1. The molecule has 1 saturated heterocycles. The van der Waals surface area contributed by atoms with E-state index in [-0.39, 0.29) is 17.2 Å². The summed E-state index contributed by atoms with van der Waals surface area (Å²) in [4.78, 5) is 14.7. The minimum atomic E-state index is -0.225. The lowest BCUT2D eigenvalue weighted by molar-refractivity contribution is -0.120. The van der Waals surface area contributed by atoms with E-state index in [1.807, 2.05) is 26.0 Å². The van der Waals surface area contributed by atoms with Crippen LogP contribution >= 0.6 is 23.1 Å². The standard InChI is InChI=1S/C16H22N4O3S2/c1-11-3-4-14(23-11)13(20-5-7-22-8-6-20)9-17-15(21)12(2)25-16-19-18-10-24-16/h3-4,10,12-13H,5-9H2,1-2H3,(H,17,21)/t12-,13-/m0/s1. The highest BCUT2D eigenvalue weighted by atomic mass is 32.2. The second-order valence-corrected chi connectivity index (χ2v) is 8.24. The third-order valence-corrected chi connectivity index (χ3v) is 5.94. The number of aromatic nitrogens is 2. The maximum Gasteiger partial charge on any atom is 0.233 e. The van der Waals surface area contributed by atoms with Crippen LogP contribution < -0.4 is 5.32 Å². The van der Waals surface area contributed by atoms with Crippen LogP contribution in [0.15, 0.2) is 26.4 Å². The van der Waals surface area contributed by atoms with E-state index in [2.05, 4.69) is 20.4 Å². The molecule has 136 valence electrons. The van der Waals surface area contributed by atoms with E-state index in [0.717, 1.165) is 28.9 Å². The first-order valence-corrected chi connectivity index (χ1v) is 9.98. The Morgan fingerprint density at radius 1 is 1.44 bits per heavy atom. The number of nitrogens with one attached hydrogen (secondary N) is 1. The molecule has 0 spiro atoms. The Morgan fingerprint density at radius 2 is 2.24 bits per heavy atom. The minimum Gasteiger partial charge on any atom is -0.465 e. The van der Waals surface area contributed by atoms with Gasteiger partial charge in [0.05, 0.1) is 24.5 Å². The fourth-order valence-electron chi connectivity index (χ4n) is 2.69. The van der Waals surface area contributed by atoms with Gasteiger partial charge in [0.15, 0.2) is 4.34 Å². The van der Waals surface area contributed by atoms with E-state index in [4.69, 9.17) is 9.15 Å². The highest BCUT2D eigenvalue weighted by Gasteiger charge is 2.26. The fourth-order valence-corrected chi connectivity index (χ4v) is 4.34. The zero-order valence-electron chi connectivity index (χ0n) is 14.3. The smallest absolute Gasteiger partial charge is 0.233 e. The molecule has 3 rings (SSSR count). The molecule has 7 nitrogen and oxygen atoms in total. The number of carbonyl (C=O) groups excluding carboxylic acids is 1. The number of ether oxygens (including phenoxy) is 1. The van der Waals surface area contributed by atoms with Gasteiger partial charge in [-0.25, -0.2) is 0 Å². The van der Waals surface area contributed by atoms with E-state index >= 15 is 0 Å². The third kappa shape index (κ3) is 5.04. The van der Waals surface area contributed by atoms with Gasteiger partial charge >= 0.3 is 0 Å². The van der Waals surface area contributed by atoms with Gasteiger partial charge in [-0.05, 0) is 26.0 Å². The van der Waals surface area contributed by atoms with Crippen molar-refractivity contribution >= 4 is 29.0 Å². The molecule has 2 atom stereocenters. The molecule has 9 heteroatoms. The van der Waals surface area contributed by atoms with Gasteiger partial charge < -0.3 is 14.5 Å². The topological polar surface area (TPSA) is 80.5 Å². The Morgan fingerprint density at radius 3 is 2.88 bits per heavy atom. The van der Waals surface area contributed by atoms with Gasteiger partial charge in [0, 0.05) is 19.6 Å². The van der Waals surface area contributed by atoms with Crippen molar-refractivity contribution in [2.45, 2.75) is 29.5 Å². The van der Waals surface area contributed by atoms with E-state index < -0.39 is 0 Å². The number of amides is 1. The molecule has 0 radical (unpaired) electrons. The maximum absolute atomic E-state index is 12.4. The van der Waals surface area contributed by atoms with E-state index in [1.54, 1.807) is 5.51 Å². The van der Waals surface area contributed by atoms with E-state index in [1.165, 1.54) is 23.1 Å². The van der Waals surface area contributed by atoms with Crippen molar-refractivity contribution in [3.8, 4) is 0 Å². The van der Waals surface area contributed by atoms with Crippen LogP contribution in [0.3, 0.4) is 0 Å². The summed E-state index contributed by atoms with van der Waals surface area (Å²) in [5, 5.41) is 10.6. The van der Waals surface area contributed by atoms with Gasteiger partial charge in [-0.1, -0.05) is 23.1 Å². The van der Waals surface area contributed by atoms with Crippen molar-refractivity contribution in [1.29, 1.82) is 0 Å². The average Bonchev–Trinajstić information content (AvgIpc) is 3.28. The molecule has 2 aromatic rings. The van der Waals surface area contributed by atoms with E-state index in [9.17, 15) is 4.79 Å². The quantitative estimate of drug-likeness (QED) is 0.735. The summed E-state index contributed by atoms with van der Waals surface area (Å²) in [6.07, 6.45) is 0. The van der Waals surface area contributed by atoms with Crippen LogP contribution in [-0.4, -0.2) is 59.1 Å². The van der Waals surface area contributed by atoms with Gasteiger partial charge in [0.25, 0.3) is 0 Å². The zero-order chi connectivity index (χ0) is 17.6. The summed E-state index contributed by atoms with van der Waals surface area (Å²) in [7, 11) is 0. The Balaban J connectivity index is 1.60. The zero-order valence-corrected chi connectivity index (χ0v) is 15.9. The molecular formula is C16H22N4O3S2. The minimum absolute atomic E-state index is 0.0123. The van der Waals surface area contributed by atoms with Crippen molar-refractivity contribution in [2.75, 3.05) is 32.8 Å². The molecule has 1 fully saturated rings. The van der Waals surface area contributed by atoms with E-state index in [0.29, 0.717) is 19.8 Å². The number of nitrogens with zero attached hydrogens (tertiary/aromatic N) is 3. The molecule has 25 heavy (non-hydrogen) atoms. The van der Waals surface area contributed by atoms with Crippen LogP contribution in [0.4, 0.5) is 0 Å². The first-order chi connectivity index (χ1) is 12.1. The predicted molar refractivity (Wildman–Crippen MR) is 96.8 cm³/mol. The summed E-state index contributed by atoms with van der Waals surface area (Å²) < 4.78 is 12.1. The van der Waals surface area contributed by atoms with Gasteiger partial charge in [-0.2, -0.15) is 0 Å². The number of hydrogen-bond donors (Lipinski definition) is 1. The fraction of sp³-hybridized carbons (Fsp3) is 0.562. The molecule has 2 aromatic heterocycles. The number of rotatable bonds is 7.